The lowest BCUT2D eigenvalue weighted by molar-refractivity contribution is -0.148. The Bertz CT molecular complexity index is 1010. The third-order valence-corrected chi connectivity index (χ3v) is 5.27. The normalized spacial score (nSPS) is 11.1. The van der Waals surface area contributed by atoms with Crippen LogP contribution in [0.25, 0.3) is 11.0 Å². The van der Waals surface area contributed by atoms with E-state index in [0.717, 1.165) is 49.0 Å². The molecule has 1 heterocycles. The lowest BCUT2D eigenvalue weighted by atomic mass is 10.1. The zero-order chi connectivity index (χ0) is 22.8. The first-order valence-electron chi connectivity index (χ1n) is 11.5. The van der Waals surface area contributed by atoms with E-state index in [0.29, 0.717) is 13.0 Å². The van der Waals surface area contributed by atoms with E-state index in [1.807, 2.05) is 73.0 Å². The number of para-hydroxylation sites is 2. The summed E-state index contributed by atoms with van der Waals surface area (Å²) in [6.07, 6.45) is 4.78. The molecule has 0 bridgehead atoms. The number of carbonyl (C=O) groups is 2. The highest BCUT2D eigenvalue weighted by atomic mass is 16.5. The predicted molar refractivity (Wildman–Crippen MR) is 126 cm³/mol. The van der Waals surface area contributed by atoms with Gasteiger partial charge in [-0.1, -0.05) is 48.9 Å². The van der Waals surface area contributed by atoms with Gasteiger partial charge in [-0.2, -0.15) is 0 Å². The fourth-order valence-corrected chi connectivity index (χ4v) is 3.73. The van der Waals surface area contributed by atoms with Crippen molar-refractivity contribution in [2.24, 2.45) is 0 Å². The molecule has 6 nitrogen and oxygen atoms in total. The van der Waals surface area contributed by atoms with Gasteiger partial charge in [-0.15, -0.1) is 0 Å². The third kappa shape index (κ3) is 7.22. The molecular weight excluding hydrogens is 402 g/mol. The van der Waals surface area contributed by atoms with E-state index >= 15 is 0 Å². The number of benzene rings is 2. The van der Waals surface area contributed by atoms with Gasteiger partial charge in [0.05, 0.1) is 17.1 Å². The average Bonchev–Trinajstić information content (AvgIpc) is 3.12. The van der Waals surface area contributed by atoms with Gasteiger partial charge in [-0.05, 0) is 50.8 Å². The first-order chi connectivity index (χ1) is 15.5. The van der Waals surface area contributed by atoms with Crippen LogP contribution < -0.4 is 5.32 Å². The largest absolute Gasteiger partial charge is 0.462 e. The van der Waals surface area contributed by atoms with Crippen LogP contribution in [0.15, 0.2) is 54.6 Å². The Morgan fingerprint density at radius 3 is 2.50 bits per heavy atom. The van der Waals surface area contributed by atoms with E-state index in [2.05, 4.69) is 5.32 Å². The molecule has 3 aromatic rings. The van der Waals surface area contributed by atoms with Crippen LogP contribution in [-0.4, -0.2) is 34.1 Å². The lowest BCUT2D eigenvalue weighted by Gasteiger charge is -2.11. The second-order valence-corrected chi connectivity index (χ2v) is 8.29. The zero-order valence-corrected chi connectivity index (χ0v) is 19.0. The maximum Gasteiger partial charge on any atom is 0.326 e. The molecule has 0 atom stereocenters. The maximum atomic E-state index is 12.2. The molecule has 0 unspecified atom stereocenters. The molecular formula is C26H33N3O3. The molecule has 1 amide bonds. The fourth-order valence-electron chi connectivity index (χ4n) is 3.73. The van der Waals surface area contributed by atoms with E-state index in [4.69, 9.17) is 9.72 Å². The third-order valence-electron chi connectivity index (χ3n) is 5.27. The van der Waals surface area contributed by atoms with Crippen LogP contribution in [0.4, 0.5) is 0 Å². The summed E-state index contributed by atoms with van der Waals surface area (Å²) in [6, 6.07) is 17.9. The molecule has 0 saturated heterocycles. The second kappa shape index (κ2) is 12.0. The highest BCUT2D eigenvalue weighted by molar-refractivity contribution is 5.79. The van der Waals surface area contributed by atoms with E-state index < -0.39 is 0 Å². The summed E-state index contributed by atoms with van der Waals surface area (Å²) in [6.45, 7) is 4.56. The maximum absolute atomic E-state index is 12.2. The number of rotatable bonds is 12. The van der Waals surface area contributed by atoms with Crippen molar-refractivity contribution in [3.8, 4) is 0 Å². The van der Waals surface area contributed by atoms with Crippen LogP contribution in [0, 0.1) is 0 Å². The van der Waals surface area contributed by atoms with Crippen molar-refractivity contribution in [1.82, 2.24) is 14.9 Å². The highest BCUT2D eigenvalue weighted by Gasteiger charge is 2.15. The first-order valence-corrected chi connectivity index (χ1v) is 11.5. The van der Waals surface area contributed by atoms with Crippen LogP contribution in [0.5, 0.6) is 0 Å². The van der Waals surface area contributed by atoms with Gasteiger partial charge in [-0.3, -0.25) is 9.59 Å². The minimum Gasteiger partial charge on any atom is -0.462 e. The zero-order valence-electron chi connectivity index (χ0n) is 19.0. The van der Waals surface area contributed by atoms with Crippen molar-refractivity contribution in [2.75, 3.05) is 6.54 Å². The van der Waals surface area contributed by atoms with Crippen molar-refractivity contribution in [3.05, 3.63) is 66.0 Å². The molecule has 170 valence electrons. The molecule has 1 N–H and O–H groups in total. The molecule has 0 saturated carbocycles. The Morgan fingerprint density at radius 2 is 1.72 bits per heavy atom. The molecule has 3 rings (SSSR count). The SMILES string of the molecule is CC(C)OC(=O)Cn1c(CCCCCNC(=O)CCc2ccccc2)nc2ccccc21. The van der Waals surface area contributed by atoms with Gasteiger partial charge < -0.3 is 14.6 Å². The minimum atomic E-state index is -0.248. The Balaban J connectivity index is 1.42. The number of ether oxygens (including phenoxy) is 1. The summed E-state index contributed by atoms with van der Waals surface area (Å²) in [7, 11) is 0. The monoisotopic (exact) mass is 435 g/mol. The predicted octanol–water partition coefficient (Wildman–Crippen LogP) is 4.45. The standard InChI is InChI=1S/C26H33N3O3/c1-20(2)32-26(31)19-29-23-14-9-8-13-22(23)28-24(29)15-7-4-10-18-27-25(30)17-16-21-11-5-3-6-12-21/h3,5-6,8-9,11-14,20H,4,7,10,15-19H2,1-2H3,(H,27,30). The number of unbranched alkanes of at least 4 members (excludes halogenated alkanes) is 2. The molecule has 0 aliphatic heterocycles. The van der Waals surface area contributed by atoms with Crippen LogP contribution in [0.1, 0.15) is 50.9 Å². The van der Waals surface area contributed by atoms with Gasteiger partial charge >= 0.3 is 5.97 Å². The van der Waals surface area contributed by atoms with Crippen molar-refractivity contribution in [3.63, 3.8) is 0 Å². The molecule has 2 aromatic carbocycles. The number of amides is 1. The Labute approximate surface area is 190 Å². The average molecular weight is 436 g/mol. The molecule has 1 aromatic heterocycles. The topological polar surface area (TPSA) is 73.2 Å². The number of imidazole rings is 1. The first kappa shape index (κ1) is 23.5. The molecule has 6 heteroatoms. The van der Waals surface area contributed by atoms with E-state index in [1.54, 1.807) is 0 Å². The number of nitrogens with one attached hydrogen (secondary N) is 1. The molecule has 0 aliphatic rings. The van der Waals surface area contributed by atoms with Gasteiger partial charge in [0.25, 0.3) is 0 Å². The van der Waals surface area contributed by atoms with Gasteiger partial charge in [0.1, 0.15) is 12.4 Å². The molecule has 0 spiro atoms. The Morgan fingerprint density at radius 1 is 0.969 bits per heavy atom. The lowest BCUT2D eigenvalue weighted by Crippen LogP contribution is -2.24. The quantitative estimate of drug-likeness (QED) is 0.337. The number of fused-ring (bicyclic) bond motifs is 1. The molecule has 0 aliphatic carbocycles. The number of nitrogens with zero attached hydrogens (tertiary/aromatic N) is 2. The molecule has 0 fully saturated rings. The smallest absolute Gasteiger partial charge is 0.326 e. The van der Waals surface area contributed by atoms with Crippen molar-refractivity contribution in [2.45, 2.75) is 65.0 Å². The summed E-state index contributed by atoms with van der Waals surface area (Å²) in [5.41, 5.74) is 3.03. The summed E-state index contributed by atoms with van der Waals surface area (Å²) in [4.78, 5) is 29.0. The number of esters is 1. The van der Waals surface area contributed by atoms with E-state index in [9.17, 15) is 9.59 Å². The molecule has 0 radical (unpaired) electrons. The van der Waals surface area contributed by atoms with E-state index in [1.165, 1.54) is 5.56 Å². The summed E-state index contributed by atoms with van der Waals surface area (Å²) < 4.78 is 7.29. The summed E-state index contributed by atoms with van der Waals surface area (Å²) in [5, 5.41) is 3.01. The fraction of sp³-hybridized carbons (Fsp3) is 0.423. The Hall–Kier alpha value is -3.15. The second-order valence-electron chi connectivity index (χ2n) is 8.29. The van der Waals surface area contributed by atoms with Crippen LogP contribution >= 0.6 is 0 Å². The summed E-state index contributed by atoms with van der Waals surface area (Å²) in [5.74, 6) is 0.751. The van der Waals surface area contributed by atoms with Crippen molar-refractivity contribution >= 4 is 22.9 Å². The Kier molecular flexibility index (Phi) is 8.84. The van der Waals surface area contributed by atoms with Gasteiger partial charge in [0.15, 0.2) is 0 Å². The van der Waals surface area contributed by atoms with Gasteiger partial charge in [-0.25, -0.2) is 4.98 Å². The molecule has 32 heavy (non-hydrogen) atoms. The number of hydrogen-bond acceptors (Lipinski definition) is 4. The number of carbonyl (C=O) groups excluding carboxylic acids is 2. The van der Waals surface area contributed by atoms with Crippen molar-refractivity contribution < 1.29 is 14.3 Å². The highest BCUT2D eigenvalue weighted by Crippen LogP contribution is 2.18. The van der Waals surface area contributed by atoms with E-state index in [-0.39, 0.29) is 24.5 Å². The van der Waals surface area contributed by atoms with Gasteiger partial charge in [0, 0.05) is 19.4 Å². The minimum absolute atomic E-state index is 0.0966. The number of aryl methyl sites for hydroxylation is 2. The number of aromatic nitrogens is 2. The summed E-state index contributed by atoms with van der Waals surface area (Å²) >= 11 is 0. The van der Waals surface area contributed by atoms with Crippen LogP contribution in [-0.2, 0) is 33.7 Å². The van der Waals surface area contributed by atoms with Crippen LogP contribution in [0.3, 0.4) is 0 Å². The van der Waals surface area contributed by atoms with Crippen molar-refractivity contribution in [1.29, 1.82) is 0 Å². The number of hydrogen-bond donors (Lipinski definition) is 1. The van der Waals surface area contributed by atoms with Gasteiger partial charge in [0.2, 0.25) is 5.91 Å². The van der Waals surface area contributed by atoms with Crippen LogP contribution in [0.2, 0.25) is 0 Å².